The molecule has 0 saturated carbocycles. The lowest BCUT2D eigenvalue weighted by Crippen LogP contribution is -2.41. The van der Waals surface area contributed by atoms with Crippen molar-refractivity contribution in [2.24, 2.45) is 0 Å². The molecule has 0 aliphatic carbocycles. The molecule has 0 fully saturated rings. The first-order chi connectivity index (χ1) is 32.0. The second-order valence-electron chi connectivity index (χ2n) is 14.6. The predicted octanol–water partition coefficient (Wildman–Crippen LogP) is -0.191. The summed E-state index contributed by atoms with van der Waals surface area (Å²) in [7, 11) is 0. The van der Waals surface area contributed by atoms with Crippen LogP contribution in [0, 0.1) is 0 Å². The lowest BCUT2D eigenvalue weighted by Gasteiger charge is -2.14. The van der Waals surface area contributed by atoms with Crippen LogP contribution in [0.1, 0.15) is 89.9 Å². The Bertz CT molecular complexity index is 1300. The molecule has 1 atom stereocenters. The van der Waals surface area contributed by atoms with E-state index in [2.05, 4.69) is 26.6 Å². The summed E-state index contributed by atoms with van der Waals surface area (Å²) in [6, 6.07) is -1.16. The van der Waals surface area contributed by atoms with Gasteiger partial charge in [0.25, 0.3) is 0 Å². The van der Waals surface area contributed by atoms with Gasteiger partial charge >= 0.3 is 11.9 Å². The van der Waals surface area contributed by atoms with Crippen LogP contribution in [-0.2, 0) is 76.3 Å². The third kappa shape index (κ3) is 46.2. The topological polar surface area (TPSA) is 311 Å². The third-order valence-electron chi connectivity index (χ3n) is 8.96. The van der Waals surface area contributed by atoms with E-state index < -0.39 is 18.0 Å². The van der Waals surface area contributed by atoms with Gasteiger partial charge < -0.3 is 74.7 Å². The van der Waals surface area contributed by atoms with Gasteiger partial charge in [0.15, 0.2) is 0 Å². The van der Waals surface area contributed by atoms with Gasteiger partial charge in [0, 0.05) is 45.4 Å². The number of aliphatic carboxylic acids is 2. The van der Waals surface area contributed by atoms with Gasteiger partial charge in [-0.2, -0.15) is 0 Å². The zero-order chi connectivity index (χ0) is 48.6. The summed E-state index contributed by atoms with van der Waals surface area (Å²) in [6.07, 6.45) is 11.5. The van der Waals surface area contributed by atoms with E-state index in [4.69, 9.17) is 43.0 Å². The Balaban J connectivity index is 3.59. The fraction of sp³-hybridized carbons (Fsp3) is 0.814. The van der Waals surface area contributed by atoms with Gasteiger partial charge in [-0.1, -0.05) is 51.4 Å². The summed E-state index contributed by atoms with van der Waals surface area (Å²) in [5.74, 6) is -3.65. The molecule has 0 saturated heterocycles. The lowest BCUT2D eigenvalue weighted by atomic mass is 10.0. The van der Waals surface area contributed by atoms with Crippen LogP contribution < -0.4 is 26.6 Å². The highest BCUT2D eigenvalue weighted by atomic mass is 16.5. The molecule has 1 radical (unpaired) electrons. The van der Waals surface area contributed by atoms with E-state index in [1.165, 1.54) is 0 Å². The number of nitrogens with one attached hydrogen (secondary N) is 5. The van der Waals surface area contributed by atoms with Crippen LogP contribution in [0.5, 0.6) is 0 Å². The van der Waals surface area contributed by atoms with Gasteiger partial charge in [0.2, 0.25) is 35.8 Å². The van der Waals surface area contributed by atoms with E-state index in [-0.39, 0.29) is 167 Å². The maximum absolute atomic E-state index is 12.3. The summed E-state index contributed by atoms with van der Waals surface area (Å²) < 4.78 is 41.9. The van der Waals surface area contributed by atoms with Gasteiger partial charge in [0.05, 0.1) is 79.3 Å². The Labute approximate surface area is 388 Å². The number of unbranched alkanes of at least 4 members (excludes halogenated alkanes) is 9. The van der Waals surface area contributed by atoms with Crippen molar-refractivity contribution in [3.63, 3.8) is 0 Å². The highest BCUT2D eigenvalue weighted by Crippen LogP contribution is 2.12. The SMILES string of the molecule is O=[C]COCCOCCNC(=O)COCCOCCNC(=O)COCCOCCNC(=O)COCCOCCNC(=O)CC[C@H](NC(=O)CCCCCCCCCCCCC(=O)O)C(=O)O. The molecule has 0 rings (SSSR count). The summed E-state index contributed by atoms with van der Waals surface area (Å²) in [6.45, 7) is 3.15. The molecule has 0 unspecified atom stereocenters. The van der Waals surface area contributed by atoms with Gasteiger partial charge in [-0.3, -0.25) is 33.6 Å². The van der Waals surface area contributed by atoms with Crippen LogP contribution in [0.15, 0.2) is 0 Å². The fourth-order valence-electron chi connectivity index (χ4n) is 5.56. The van der Waals surface area contributed by atoms with E-state index in [9.17, 15) is 43.5 Å². The van der Waals surface area contributed by atoms with Gasteiger partial charge in [-0.25, -0.2) is 4.79 Å². The largest absolute Gasteiger partial charge is 0.481 e. The Morgan fingerprint density at radius 2 is 0.742 bits per heavy atom. The van der Waals surface area contributed by atoms with E-state index >= 15 is 0 Å². The Hall–Kier alpha value is -4.36. The summed E-state index contributed by atoms with van der Waals surface area (Å²) in [4.78, 5) is 92.0. The van der Waals surface area contributed by atoms with Crippen molar-refractivity contribution in [1.82, 2.24) is 26.6 Å². The van der Waals surface area contributed by atoms with E-state index in [0.717, 1.165) is 57.8 Å². The third-order valence-corrected chi connectivity index (χ3v) is 8.96. The molecule has 5 amide bonds. The van der Waals surface area contributed by atoms with Crippen LogP contribution >= 0.6 is 0 Å². The quantitative estimate of drug-likeness (QED) is 0.0389. The second kappa shape index (κ2) is 47.1. The van der Waals surface area contributed by atoms with Gasteiger partial charge in [-0.15, -0.1) is 0 Å². The van der Waals surface area contributed by atoms with Crippen molar-refractivity contribution in [2.75, 3.05) is 132 Å². The van der Waals surface area contributed by atoms with E-state index in [0.29, 0.717) is 26.2 Å². The highest BCUT2D eigenvalue weighted by Gasteiger charge is 2.21. The summed E-state index contributed by atoms with van der Waals surface area (Å²) in [5, 5.41) is 31.2. The smallest absolute Gasteiger partial charge is 0.326 e. The second-order valence-corrected chi connectivity index (χ2v) is 14.6. The number of carbonyl (C=O) groups is 7. The van der Waals surface area contributed by atoms with Crippen molar-refractivity contribution < 1.29 is 86.5 Å². The number of rotatable bonds is 50. The molecule has 0 aromatic heterocycles. The minimum absolute atomic E-state index is 0.0472. The summed E-state index contributed by atoms with van der Waals surface area (Å²) in [5.41, 5.74) is 0. The van der Waals surface area contributed by atoms with Crippen molar-refractivity contribution in [3.05, 3.63) is 0 Å². The van der Waals surface area contributed by atoms with Gasteiger partial charge in [0.1, 0.15) is 32.5 Å². The number of carboxylic acids is 2. The molecule has 0 aromatic carbocycles. The minimum atomic E-state index is -1.20. The van der Waals surface area contributed by atoms with Crippen LogP contribution in [-0.4, -0.2) is 196 Å². The normalized spacial score (nSPS) is 11.4. The number of hydrogen-bond donors (Lipinski definition) is 7. The molecule has 23 nitrogen and oxygen atoms in total. The average Bonchev–Trinajstić information content (AvgIpc) is 3.28. The minimum Gasteiger partial charge on any atom is -0.481 e. The fourth-order valence-corrected chi connectivity index (χ4v) is 5.56. The van der Waals surface area contributed by atoms with Gasteiger partial charge in [-0.05, 0) is 19.3 Å². The maximum Gasteiger partial charge on any atom is 0.326 e. The number of carbonyl (C=O) groups excluding carboxylic acids is 6. The molecule has 66 heavy (non-hydrogen) atoms. The van der Waals surface area contributed by atoms with Crippen LogP contribution in [0.2, 0.25) is 0 Å². The van der Waals surface area contributed by atoms with E-state index in [1.807, 2.05) is 0 Å². The van der Waals surface area contributed by atoms with Crippen molar-refractivity contribution in [1.29, 1.82) is 0 Å². The molecule has 23 heteroatoms. The van der Waals surface area contributed by atoms with Crippen LogP contribution in [0.25, 0.3) is 0 Å². The maximum atomic E-state index is 12.3. The molecular weight excluding hydrogens is 874 g/mol. The molecule has 0 bridgehead atoms. The molecule has 0 heterocycles. The molecule has 0 aliphatic rings. The molecule has 381 valence electrons. The Morgan fingerprint density at radius 3 is 1.12 bits per heavy atom. The molecular formula is C43H76N5O18. The number of carboxylic acid groups (broad SMARTS) is 2. The van der Waals surface area contributed by atoms with Crippen LogP contribution in [0.3, 0.4) is 0 Å². The van der Waals surface area contributed by atoms with Crippen LogP contribution in [0.4, 0.5) is 0 Å². The number of ether oxygens (including phenoxy) is 8. The average molecular weight is 951 g/mol. The predicted molar refractivity (Wildman–Crippen MR) is 236 cm³/mol. The first-order valence-electron chi connectivity index (χ1n) is 22.8. The Morgan fingerprint density at radius 1 is 0.394 bits per heavy atom. The van der Waals surface area contributed by atoms with Crippen molar-refractivity contribution in [2.45, 2.75) is 95.9 Å². The number of hydrogen-bond acceptors (Lipinski definition) is 16. The monoisotopic (exact) mass is 951 g/mol. The lowest BCUT2D eigenvalue weighted by molar-refractivity contribution is -0.142. The first kappa shape index (κ1) is 61.6. The molecule has 0 aliphatic heterocycles. The van der Waals surface area contributed by atoms with Crippen molar-refractivity contribution >= 4 is 47.8 Å². The zero-order valence-electron chi connectivity index (χ0n) is 38.5. The highest BCUT2D eigenvalue weighted by molar-refractivity contribution is 5.84. The zero-order valence-corrected chi connectivity index (χ0v) is 38.5. The standard InChI is InChI=1S/C43H76N5O18/c49-19-24-63-26-25-59-21-16-45-39(52)33-65-31-28-61-23-18-47-41(54)35-66-32-29-62-22-17-46-40(53)34-64-30-27-60-20-15-44-37(50)14-13-36(43(57)58)48-38(51)11-9-7-5-3-1-2-4-6-8-10-12-42(55)56/h36H,1-18,20-35H2,(H,44,50)(H,45,52)(H,46,53)(H,47,54)(H,48,51)(H,55,56)(H,57,58)/t36-/m0/s1. The molecule has 0 spiro atoms. The number of amides is 5. The molecule has 7 N–H and O–H groups in total. The van der Waals surface area contributed by atoms with Crippen molar-refractivity contribution in [3.8, 4) is 0 Å². The summed E-state index contributed by atoms with van der Waals surface area (Å²) >= 11 is 0. The van der Waals surface area contributed by atoms with E-state index in [1.54, 1.807) is 6.29 Å². The molecule has 0 aromatic rings. The Kier molecular flexibility index (Phi) is 44.0. The first-order valence-corrected chi connectivity index (χ1v) is 22.8.